The molecular weight excluding hydrogens is 1110 g/mol. The molecule has 0 fully saturated rings. The third-order valence-electron chi connectivity index (χ3n) is 19.4. The maximum absolute atomic E-state index is 11.8. The third-order valence-corrected chi connectivity index (χ3v) is 20.8. The minimum Gasteiger partial charge on any atom is -0.0654 e. The first-order chi connectivity index (χ1) is 43.6. The van der Waals surface area contributed by atoms with Crippen LogP contribution in [0.3, 0.4) is 0 Å². The molecule has 0 aromatic heterocycles. The number of unbranched alkanes of at least 4 members (excludes halogenated alkanes) is 51. The molecule has 3 rings (SSSR count). The van der Waals surface area contributed by atoms with Crippen LogP contribution < -0.4 is 0 Å². The zero-order valence-electron chi connectivity index (χ0n) is 60.4. The van der Waals surface area contributed by atoms with Crippen molar-refractivity contribution >= 4 is 11.4 Å². The van der Waals surface area contributed by atoms with Gasteiger partial charge in [-0.05, 0) is 86.8 Å². The predicted octanol–water partition coefficient (Wildman–Crippen LogP) is 31.0. The van der Waals surface area contributed by atoms with Crippen LogP contribution >= 0.6 is 0 Å². The van der Waals surface area contributed by atoms with Crippen molar-refractivity contribution in [3.05, 3.63) is 87.5 Å². The van der Waals surface area contributed by atoms with Gasteiger partial charge < -0.3 is 5.53 Å². The van der Waals surface area contributed by atoms with Crippen molar-refractivity contribution in [2.24, 2.45) is 0 Å². The summed E-state index contributed by atoms with van der Waals surface area (Å²) in [6.45, 7) is 13.6. The van der Waals surface area contributed by atoms with E-state index in [4.69, 9.17) is 0 Å². The van der Waals surface area contributed by atoms with Gasteiger partial charge in [0.25, 0.3) is 0 Å². The van der Waals surface area contributed by atoms with Gasteiger partial charge in [0, 0.05) is 22.3 Å². The first-order valence-corrected chi connectivity index (χ1v) is 41.5. The maximum atomic E-state index is 11.8. The summed E-state index contributed by atoms with van der Waals surface area (Å²) in [7, 11) is 0. The molecule has 0 bridgehead atoms. The van der Waals surface area contributed by atoms with E-state index in [0.29, 0.717) is 0 Å². The topological polar surface area (TPSA) is 25.3 Å². The van der Waals surface area contributed by atoms with E-state index in [0.717, 1.165) is 67.5 Å². The summed E-state index contributed by atoms with van der Waals surface area (Å²) < 4.78 is 1.55. The fourth-order valence-electron chi connectivity index (χ4n) is 13.5. The molecule has 0 amide bonds. The Morgan fingerprint density at radius 3 is 0.727 bits per heavy atom. The Kier molecular flexibility index (Phi) is 59.5. The van der Waals surface area contributed by atoms with Crippen molar-refractivity contribution in [2.45, 2.75) is 444 Å². The first kappa shape index (κ1) is 82.1. The van der Waals surface area contributed by atoms with Gasteiger partial charge in [-0.1, -0.05) is 265 Å². The summed E-state index contributed by atoms with van der Waals surface area (Å²) in [5.74, 6) is 0. The van der Waals surface area contributed by atoms with E-state index in [9.17, 15) is 5.53 Å². The summed E-state index contributed by atoms with van der Waals surface area (Å²) in [6, 6.07) is 17.8. The van der Waals surface area contributed by atoms with Crippen molar-refractivity contribution in [1.82, 2.24) is 0 Å². The second kappa shape index (κ2) is 63.8. The molecule has 0 aliphatic carbocycles. The van der Waals surface area contributed by atoms with Crippen LogP contribution in [-0.2, 0) is 27.3 Å². The number of nitrogens with zero attached hydrogens (tertiary/aromatic N) is 2. The molecular formula is C85H152N2Ni. The van der Waals surface area contributed by atoms with E-state index < -0.39 is 0 Å². The number of hydrogen-bond acceptors (Lipinski definition) is 0. The Labute approximate surface area is 558 Å². The molecule has 0 N–H and O–H groups in total. The summed E-state index contributed by atoms with van der Waals surface area (Å²) >= 11 is 2.05. The summed E-state index contributed by atoms with van der Waals surface area (Å²) in [5, 5.41) is 2.87. The Hall–Kier alpha value is -1.99. The second-order valence-corrected chi connectivity index (χ2v) is 29.4. The average Bonchev–Trinajstić information content (AvgIpc) is 1.72. The molecule has 0 spiro atoms. The van der Waals surface area contributed by atoms with Gasteiger partial charge >= 0.3 is 166 Å². The Morgan fingerprint density at radius 1 is 0.250 bits per heavy atom. The van der Waals surface area contributed by atoms with Crippen molar-refractivity contribution in [3.8, 4) is 0 Å². The summed E-state index contributed by atoms with van der Waals surface area (Å²) in [6.07, 6.45) is 86.1. The third kappa shape index (κ3) is 45.3. The van der Waals surface area contributed by atoms with Gasteiger partial charge in [0.05, 0.1) is 0 Å². The molecule has 0 atom stereocenters. The fourth-order valence-corrected chi connectivity index (χ4v) is 14.8. The molecule has 2 nitrogen and oxygen atoms in total. The van der Waals surface area contributed by atoms with Crippen molar-refractivity contribution in [3.63, 3.8) is 0 Å². The normalized spacial score (nSPS) is 12.6. The van der Waals surface area contributed by atoms with Crippen molar-refractivity contribution < 1.29 is 19.1 Å². The first-order valence-electron chi connectivity index (χ1n) is 40.1. The standard InChI is InChI=1S/C33H46N2.2C26H53.Ni/c1-5-9-13-23-31-30(22-12-8-4)32(28-20-14-18-26(24-28)16-10-6-2)35(34)33(31)29-21-15-19-27(25-29)17-11-7-3;2*1-3-5-7-9-11-13-15-17-19-21-23-25-26-24-22-20-18-16-14-12-10-8-6-4-2;/h14-15,18-21,24-25H,5-13,16-17,22-23H2,1-4H3;2*1,3-26H2,2H3;. The average molecular weight is 1260 g/mol. The van der Waals surface area contributed by atoms with E-state index in [1.807, 2.05) is 0 Å². The van der Waals surface area contributed by atoms with Crippen LogP contribution in [0.5, 0.6) is 0 Å². The molecule has 0 unspecified atom stereocenters. The fraction of sp³-hybridized carbons (Fsp3) is 0.812. The number of allylic oxidation sites excluding steroid dienone is 2. The quantitative estimate of drug-likeness (QED) is 0.0358. The zero-order valence-corrected chi connectivity index (χ0v) is 61.4. The minimum atomic E-state index is 1.01. The number of benzene rings is 2. The molecule has 0 radical (unpaired) electrons. The zero-order chi connectivity index (χ0) is 63.1. The van der Waals surface area contributed by atoms with E-state index in [1.54, 1.807) is 4.70 Å². The Balaban J connectivity index is 0.000000648. The van der Waals surface area contributed by atoms with Crippen LogP contribution in [0.15, 0.2) is 59.7 Å². The van der Waals surface area contributed by atoms with Gasteiger partial charge in [-0.25, -0.2) is 4.70 Å². The van der Waals surface area contributed by atoms with Crippen LogP contribution in [0, 0.1) is 0 Å². The van der Waals surface area contributed by atoms with Crippen LogP contribution in [0.2, 0.25) is 10.8 Å². The van der Waals surface area contributed by atoms with Gasteiger partial charge in [0.1, 0.15) is 0 Å². The molecule has 1 aliphatic rings. The van der Waals surface area contributed by atoms with Gasteiger partial charge in [0.15, 0.2) is 0 Å². The molecule has 1 aliphatic heterocycles. The molecule has 88 heavy (non-hydrogen) atoms. The molecule has 0 saturated heterocycles. The van der Waals surface area contributed by atoms with E-state index in [-0.39, 0.29) is 0 Å². The number of hydrogen-bond donors (Lipinski definition) is 0. The van der Waals surface area contributed by atoms with E-state index >= 15 is 0 Å². The van der Waals surface area contributed by atoms with E-state index in [2.05, 4.69) is 105 Å². The van der Waals surface area contributed by atoms with Crippen LogP contribution in [0.1, 0.15) is 443 Å². The predicted molar refractivity (Wildman–Crippen MR) is 394 cm³/mol. The summed E-state index contributed by atoms with van der Waals surface area (Å²) in [4.78, 5) is 0. The molecule has 1 heterocycles. The van der Waals surface area contributed by atoms with E-state index in [1.165, 1.54) is 380 Å². The summed E-state index contributed by atoms with van der Waals surface area (Å²) in [5.41, 5.74) is 21.6. The minimum absolute atomic E-state index is 1.01. The van der Waals surface area contributed by atoms with Crippen molar-refractivity contribution in [2.75, 3.05) is 0 Å². The molecule has 3 heteroatoms. The molecule has 2 aromatic rings. The number of rotatable bonds is 65. The molecule has 512 valence electrons. The van der Waals surface area contributed by atoms with Gasteiger partial charge in [-0.2, -0.15) is 0 Å². The molecule has 0 saturated carbocycles. The SMILES string of the molecule is CCCCCC1=C(c2cccc(CCCC)c2)[N+](=[N-])C(c2cccc(CCCC)c2)=C1CCCC.CCCCCCCCCCCCCCCCCCCCCCCCC[CH2][Ni][CH2]CCCCCCCCCCCCCCCCCCCCCCCCC. The Morgan fingerprint density at radius 2 is 0.466 bits per heavy atom. The second-order valence-electron chi connectivity index (χ2n) is 27.9. The molecule has 2 aromatic carbocycles. The van der Waals surface area contributed by atoms with Crippen LogP contribution in [0.4, 0.5) is 0 Å². The monoisotopic (exact) mass is 1260 g/mol. The van der Waals surface area contributed by atoms with Crippen molar-refractivity contribution in [1.29, 1.82) is 0 Å². The van der Waals surface area contributed by atoms with Crippen LogP contribution in [-0.4, -0.2) is 4.70 Å². The van der Waals surface area contributed by atoms with Gasteiger partial charge in [-0.3, -0.25) is 0 Å². The van der Waals surface area contributed by atoms with Crippen LogP contribution in [0.25, 0.3) is 16.9 Å². The number of aryl methyl sites for hydroxylation is 2. The van der Waals surface area contributed by atoms with Gasteiger partial charge in [-0.15, -0.1) is 0 Å². The van der Waals surface area contributed by atoms with Gasteiger partial charge in [0.2, 0.25) is 11.4 Å². The smallest absolute Gasteiger partial charge is 0.0654 e. The Bertz CT molecular complexity index is 1840.